The van der Waals surface area contributed by atoms with Gasteiger partial charge in [0.05, 0.1) is 14.1 Å². The summed E-state index contributed by atoms with van der Waals surface area (Å²) in [4.78, 5) is 34.1. The lowest BCUT2D eigenvalue weighted by atomic mass is 10.2. The first-order valence-corrected chi connectivity index (χ1v) is 4.22. The Hall–Kier alpha value is -2.54. The lowest BCUT2D eigenvalue weighted by Gasteiger charge is -2.15. The smallest absolute Gasteiger partial charge is 0.248 e. The Morgan fingerprint density at radius 1 is 1.44 bits per heavy atom. The van der Waals surface area contributed by atoms with Crippen molar-refractivity contribution in [2.45, 2.75) is 0 Å². The molecule has 0 bridgehead atoms. The Bertz CT molecular complexity index is 549. The fourth-order valence-electron chi connectivity index (χ4n) is 1.35. The fourth-order valence-corrected chi connectivity index (χ4v) is 1.35. The van der Waals surface area contributed by atoms with Crippen LogP contribution in [0.2, 0.25) is 0 Å². The van der Waals surface area contributed by atoms with Gasteiger partial charge in [-0.05, 0) is 10.6 Å². The van der Waals surface area contributed by atoms with Crippen molar-refractivity contribution in [1.82, 2.24) is 4.90 Å². The number of hydrogen-bond acceptors (Lipinski definition) is 5. The number of urea groups is 1. The van der Waals surface area contributed by atoms with Crippen LogP contribution < -0.4 is 0 Å². The summed E-state index contributed by atoms with van der Waals surface area (Å²) in [5.74, 6) is -0.628. The van der Waals surface area contributed by atoms with E-state index in [-0.39, 0.29) is 17.5 Å². The van der Waals surface area contributed by atoms with Crippen molar-refractivity contribution in [2.75, 3.05) is 14.1 Å². The second-order valence-electron chi connectivity index (χ2n) is 3.09. The summed E-state index contributed by atoms with van der Waals surface area (Å²) in [6, 6.07) is -0.509. The van der Waals surface area contributed by atoms with E-state index >= 15 is 0 Å². The van der Waals surface area contributed by atoms with Gasteiger partial charge in [0.25, 0.3) is 5.96 Å². The van der Waals surface area contributed by atoms with Gasteiger partial charge in [-0.1, -0.05) is 4.99 Å². The maximum atomic E-state index is 11.6. The summed E-state index contributed by atoms with van der Waals surface area (Å²) in [6.07, 6.45) is 0. The molecule has 0 atom stereocenters. The third kappa shape index (κ3) is 1.19. The molecule has 0 aromatic heterocycles. The molecule has 9 nitrogen and oxygen atoms in total. The summed E-state index contributed by atoms with van der Waals surface area (Å²) >= 11 is 0. The summed E-state index contributed by atoms with van der Waals surface area (Å²) in [6.45, 7) is 0. The molecule has 0 radical (unpaired) electrons. The molecule has 16 heavy (non-hydrogen) atoms. The standard InChI is InChI=1S/C7H6N7O2/c1-13-4-3(5(15)14(2)7(13)16)9-6(10-4)11-12-8/h1-2H3/q+1. The molecular formula is C7H6N7O2+. The van der Waals surface area contributed by atoms with E-state index in [4.69, 9.17) is 5.53 Å². The van der Waals surface area contributed by atoms with Crippen molar-refractivity contribution in [3.05, 3.63) is 10.4 Å². The van der Waals surface area contributed by atoms with Gasteiger partial charge < -0.3 is 0 Å². The minimum Gasteiger partial charge on any atom is -0.248 e. The summed E-state index contributed by atoms with van der Waals surface area (Å²) < 4.78 is 1.17. The van der Waals surface area contributed by atoms with Gasteiger partial charge in [-0.2, -0.15) is 14.5 Å². The highest BCUT2D eigenvalue weighted by atomic mass is 16.2. The molecule has 9 heteroatoms. The number of imide groups is 1. The number of nitrogens with zero attached hydrogens (tertiary/aromatic N) is 7. The zero-order chi connectivity index (χ0) is 11.9. The molecule has 0 saturated heterocycles. The van der Waals surface area contributed by atoms with Crippen LogP contribution in [0.1, 0.15) is 0 Å². The molecule has 3 amide bonds. The number of carbonyl (C=O) groups is 2. The lowest BCUT2D eigenvalue weighted by Crippen LogP contribution is -2.51. The fraction of sp³-hybridized carbons (Fsp3) is 0.286. The van der Waals surface area contributed by atoms with E-state index < -0.39 is 11.9 Å². The second-order valence-corrected chi connectivity index (χ2v) is 3.09. The van der Waals surface area contributed by atoms with Gasteiger partial charge in [-0.25, -0.2) is 9.59 Å². The molecule has 0 aliphatic carbocycles. The number of azide groups is 1. The van der Waals surface area contributed by atoms with Crippen LogP contribution in [-0.2, 0) is 4.79 Å². The van der Waals surface area contributed by atoms with Crippen molar-refractivity contribution in [3.8, 4) is 0 Å². The number of aliphatic imine (C=N–C) groups is 2. The molecule has 2 heterocycles. The highest BCUT2D eigenvalue weighted by molar-refractivity contribution is 6.70. The minimum absolute atomic E-state index is 0.00648. The molecule has 0 aromatic carbocycles. The van der Waals surface area contributed by atoms with E-state index in [1.807, 2.05) is 0 Å². The number of carbonyl (C=O) groups excluding carboxylic acids is 2. The Morgan fingerprint density at radius 2 is 2.12 bits per heavy atom. The van der Waals surface area contributed by atoms with E-state index in [1.165, 1.54) is 18.7 Å². The topological polar surface area (TPSA) is 114 Å². The number of fused-ring (bicyclic) bond motifs is 1. The van der Waals surface area contributed by atoms with Crippen LogP contribution >= 0.6 is 0 Å². The third-order valence-electron chi connectivity index (χ3n) is 2.16. The minimum atomic E-state index is -0.565. The first-order chi connectivity index (χ1) is 7.56. The lowest BCUT2D eigenvalue weighted by molar-refractivity contribution is -0.401. The Kier molecular flexibility index (Phi) is 2.03. The van der Waals surface area contributed by atoms with E-state index in [2.05, 4.69) is 20.0 Å². The first kappa shape index (κ1) is 9.99. The van der Waals surface area contributed by atoms with Crippen molar-refractivity contribution in [2.24, 2.45) is 15.1 Å². The van der Waals surface area contributed by atoms with Gasteiger partial charge in [-0.15, -0.1) is 0 Å². The van der Waals surface area contributed by atoms with Crippen molar-refractivity contribution >= 4 is 29.4 Å². The van der Waals surface area contributed by atoms with Gasteiger partial charge in [-0.3, -0.25) is 0 Å². The highest BCUT2D eigenvalue weighted by Crippen LogP contribution is 2.10. The molecule has 2 aliphatic heterocycles. The number of amidine groups is 1. The van der Waals surface area contributed by atoms with Gasteiger partial charge in [0.15, 0.2) is 0 Å². The van der Waals surface area contributed by atoms with Gasteiger partial charge in [0, 0.05) is 4.91 Å². The van der Waals surface area contributed by atoms with E-state index in [0.29, 0.717) is 0 Å². The normalized spacial score (nSPS) is 19.2. The monoisotopic (exact) mass is 220 g/mol. The van der Waals surface area contributed by atoms with Crippen LogP contribution in [0.25, 0.3) is 10.4 Å². The maximum Gasteiger partial charge on any atom is 0.446 e. The Balaban J connectivity index is 2.61. The third-order valence-corrected chi connectivity index (χ3v) is 2.16. The largest absolute Gasteiger partial charge is 0.446 e. The zero-order valence-electron chi connectivity index (χ0n) is 8.45. The number of amides is 3. The van der Waals surface area contributed by atoms with Crippen LogP contribution in [0.15, 0.2) is 15.1 Å². The van der Waals surface area contributed by atoms with Gasteiger partial charge in [0.2, 0.25) is 5.71 Å². The first-order valence-electron chi connectivity index (χ1n) is 4.22. The number of rotatable bonds is 0. The molecule has 80 valence electrons. The van der Waals surface area contributed by atoms with E-state index in [9.17, 15) is 9.59 Å². The molecule has 0 spiro atoms. The highest BCUT2D eigenvalue weighted by Gasteiger charge is 2.44. The molecule has 0 N–H and O–H groups in total. The van der Waals surface area contributed by atoms with Crippen LogP contribution in [0.4, 0.5) is 4.79 Å². The zero-order valence-corrected chi connectivity index (χ0v) is 8.45. The van der Waals surface area contributed by atoms with Crippen LogP contribution in [0.5, 0.6) is 0 Å². The predicted octanol–water partition coefficient (Wildman–Crippen LogP) is -0.260. The average Bonchev–Trinajstić information content (AvgIpc) is 2.68. The Labute approximate surface area is 89.0 Å². The molecule has 2 aliphatic rings. The summed E-state index contributed by atoms with van der Waals surface area (Å²) in [5.41, 5.74) is 8.23. The predicted molar refractivity (Wildman–Crippen MR) is 53.4 cm³/mol. The van der Waals surface area contributed by atoms with Crippen LogP contribution in [-0.4, -0.2) is 53.0 Å². The molecule has 0 fully saturated rings. The molecular weight excluding hydrogens is 214 g/mol. The van der Waals surface area contributed by atoms with Crippen LogP contribution in [0, 0.1) is 0 Å². The molecule has 0 saturated carbocycles. The van der Waals surface area contributed by atoms with E-state index in [1.54, 1.807) is 0 Å². The molecule has 0 unspecified atom stereocenters. The van der Waals surface area contributed by atoms with Crippen LogP contribution in [0.3, 0.4) is 0 Å². The number of hydrogen-bond donors (Lipinski definition) is 0. The van der Waals surface area contributed by atoms with Crippen molar-refractivity contribution < 1.29 is 14.2 Å². The molecule has 0 aromatic rings. The number of guanidine groups is 1. The Morgan fingerprint density at radius 3 is 2.75 bits per heavy atom. The average molecular weight is 220 g/mol. The second kappa shape index (κ2) is 3.24. The molecule has 2 rings (SSSR count). The SMILES string of the molecule is CN1C(=O)C2=NC(N=[N+]=[N-])=NC2=[N+](C)C1=O. The summed E-state index contributed by atoms with van der Waals surface area (Å²) in [5, 5.41) is 3.18. The van der Waals surface area contributed by atoms with Crippen molar-refractivity contribution in [3.63, 3.8) is 0 Å². The van der Waals surface area contributed by atoms with E-state index in [0.717, 1.165) is 4.90 Å². The van der Waals surface area contributed by atoms with Gasteiger partial charge in [0.1, 0.15) is 0 Å². The van der Waals surface area contributed by atoms with Crippen molar-refractivity contribution in [1.29, 1.82) is 0 Å². The summed E-state index contributed by atoms with van der Waals surface area (Å²) in [7, 11) is 2.80. The van der Waals surface area contributed by atoms with Gasteiger partial charge >= 0.3 is 17.8 Å². The maximum absolute atomic E-state index is 11.6. The quantitative estimate of drug-likeness (QED) is 0.242.